The molecule has 8 nitrogen and oxygen atoms in total. The first kappa shape index (κ1) is 25.0. The van der Waals surface area contributed by atoms with Crippen LogP contribution in [0.4, 0.5) is 0 Å². The molecule has 0 saturated heterocycles. The van der Waals surface area contributed by atoms with E-state index < -0.39 is 17.9 Å². The number of carbonyl (C=O) groups excluding carboxylic acids is 3. The average molecular weight is 492 g/mol. The fourth-order valence-electron chi connectivity index (χ4n) is 5.02. The molecule has 2 aromatic carbocycles. The lowest BCUT2D eigenvalue weighted by Gasteiger charge is -2.36. The van der Waals surface area contributed by atoms with Crippen molar-refractivity contribution in [2.24, 2.45) is 0 Å². The van der Waals surface area contributed by atoms with Crippen molar-refractivity contribution in [3.05, 3.63) is 81.7 Å². The smallest absolute Gasteiger partial charge is 0.337 e. The van der Waals surface area contributed by atoms with Gasteiger partial charge in [0.05, 0.1) is 39.6 Å². The Bertz CT molecular complexity index is 1270. The number of hydrogen-bond donors (Lipinski definition) is 1. The monoisotopic (exact) mass is 491 g/mol. The summed E-state index contributed by atoms with van der Waals surface area (Å²) < 4.78 is 20.7. The van der Waals surface area contributed by atoms with Gasteiger partial charge in [-0.05, 0) is 54.7 Å². The second-order valence-electron chi connectivity index (χ2n) is 8.74. The van der Waals surface area contributed by atoms with Crippen LogP contribution < -0.4 is 14.8 Å². The lowest BCUT2D eigenvalue weighted by atomic mass is 9.71. The van der Waals surface area contributed by atoms with Crippen LogP contribution in [0.1, 0.15) is 53.1 Å². The number of rotatable bonds is 6. The van der Waals surface area contributed by atoms with Gasteiger partial charge in [-0.3, -0.25) is 4.79 Å². The highest BCUT2D eigenvalue weighted by Crippen LogP contribution is 2.46. The predicted molar refractivity (Wildman–Crippen MR) is 132 cm³/mol. The van der Waals surface area contributed by atoms with Gasteiger partial charge in [0.2, 0.25) is 0 Å². The van der Waals surface area contributed by atoms with Crippen molar-refractivity contribution in [1.29, 1.82) is 0 Å². The number of dihydropyridines is 1. The summed E-state index contributed by atoms with van der Waals surface area (Å²) >= 11 is 0. The molecule has 36 heavy (non-hydrogen) atoms. The summed E-state index contributed by atoms with van der Waals surface area (Å²) in [6, 6.07) is 12.4. The van der Waals surface area contributed by atoms with E-state index in [1.54, 1.807) is 45.4 Å². The molecule has 1 N–H and O–H groups in total. The summed E-state index contributed by atoms with van der Waals surface area (Å²) in [4.78, 5) is 38.4. The molecule has 188 valence electrons. The highest BCUT2D eigenvalue weighted by molar-refractivity contribution is 6.04. The summed E-state index contributed by atoms with van der Waals surface area (Å²) in [5.41, 5.74) is 4.39. The van der Waals surface area contributed by atoms with Gasteiger partial charge in [-0.1, -0.05) is 18.2 Å². The molecule has 8 heteroatoms. The molecule has 1 heterocycles. The first-order chi connectivity index (χ1) is 17.3. The van der Waals surface area contributed by atoms with Crippen LogP contribution in [0.5, 0.6) is 11.5 Å². The highest BCUT2D eigenvalue weighted by atomic mass is 16.5. The zero-order valence-electron chi connectivity index (χ0n) is 21.0. The minimum absolute atomic E-state index is 0.0560. The van der Waals surface area contributed by atoms with E-state index in [1.165, 1.54) is 14.2 Å². The van der Waals surface area contributed by atoms with Gasteiger partial charge in [0, 0.05) is 29.3 Å². The third-order valence-corrected chi connectivity index (χ3v) is 6.78. The van der Waals surface area contributed by atoms with E-state index in [1.807, 2.05) is 18.2 Å². The van der Waals surface area contributed by atoms with Gasteiger partial charge in [0.25, 0.3) is 0 Å². The molecule has 0 saturated carbocycles. The predicted octanol–water partition coefficient (Wildman–Crippen LogP) is 4.03. The summed E-state index contributed by atoms with van der Waals surface area (Å²) in [6.45, 7) is 1.80. The first-order valence-electron chi connectivity index (χ1n) is 11.5. The molecule has 0 unspecified atom stereocenters. The van der Waals surface area contributed by atoms with Crippen LogP contribution in [-0.2, 0) is 19.1 Å². The van der Waals surface area contributed by atoms with Gasteiger partial charge in [-0.2, -0.15) is 0 Å². The number of benzene rings is 2. The molecule has 1 aliphatic carbocycles. The van der Waals surface area contributed by atoms with Crippen LogP contribution in [0.3, 0.4) is 0 Å². The van der Waals surface area contributed by atoms with Gasteiger partial charge >= 0.3 is 11.9 Å². The number of Topliss-reactive ketones (excluding diaryl/α,β-unsaturated/α-hetero) is 1. The van der Waals surface area contributed by atoms with Crippen LogP contribution in [0.15, 0.2) is 65.0 Å². The average Bonchev–Trinajstić information content (AvgIpc) is 2.90. The van der Waals surface area contributed by atoms with Gasteiger partial charge in [-0.25, -0.2) is 9.59 Å². The first-order valence-corrected chi connectivity index (χ1v) is 11.5. The Balaban J connectivity index is 1.76. The molecule has 0 radical (unpaired) electrons. The van der Waals surface area contributed by atoms with E-state index in [-0.39, 0.29) is 18.1 Å². The number of allylic oxidation sites excluding steroid dienone is 3. The SMILES string of the molecule is COC(=O)C1=C(C)NC2=C(C(=O)C[C@H](c3ccc(OC)c(OC)c3)C2)[C@H]1c1ccc(C(=O)OC)cc1. The summed E-state index contributed by atoms with van der Waals surface area (Å²) in [5.74, 6) is -0.485. The van der Waals surface area contributed by atoms with Crippen LogP contribution in [0, 0.1) is 0 Å². The maximum atomic E-state index is 13.7. The minimum Gasteiger partial charge on any atom is -0.493 e. The molecule has 2 aromatic rings. The molecule has 0 aromatic heterocycles. The Hall–Kier alpha value is -4.07. The van der Waals surface area contributed by atoms with Crippen LogP contribution in [0.25, 0.3) is 0 Å². The lowest BCUT2D eigenvalue weighted by Crippen LogP contribution is -2.36. The van der Waals surface area contributed by atoms with Crippen molar-refractivity contribution < 1.29 is 33.3 Å². The molecule has 0 bridgehead atoms. The summed E-state index contributed by atoms with van der Waals surface area (Å²) in [5, 5.41) is 3.31. The van der Waals surface area contributed by atoms with Crippen LogP contribution >= 0.6 is 0 Å². The Labute approximate surface area is 209 Å². The van der Waals surface area contributed by atoms with E-state index in [4.69, 9.17) is 18.9 Å². The van der Waals surface area contributed by atoms with Gasteiger partial charge in [0.1, 0.15) is 0 Å². The van der Waals surface area contributed by atoms with Gasteiger partial charge in [0.15, 0.2) is 17.3 Å². The zero-order chi connectivity index (χ0) is 26.0. The number of esters is 2. The van der Waals surface area contributed by atoms with Crippen molar-refractivity contribution in [1.82, 2.24) is 5.32 Å². The standard InChI is InChI=1S/C28H29NO7/c1-15-24(28(32)36-5)25(16-6-8-17(9-7-16)27(31)35-4)26-20(29-15)12-19(13-21(26)30)18-10-11-22(33-2)23(14-18)34-3/h6-11,14,19,25,29H,12-13H2,1-5H3/t19-,25+/m1/s1. The Morgan fingerprint density at radius 3 is 2.08 bits per heavy atom. The number of ketones is 1. The van der Waals surface area contributed by atoms with Gasteiger partial charge < -0.3 is 24.3 Å². The van der Waals surface area contributed by atoms with E-state index in [0.717, 1.165) is 11.3 Å². The number of hydrogen-bond acceptors (Lipinski definition) is 8. The van der Waals surface area contributed by atoms with E-state index >= 15 is 0 Å². The normalized spacial score (nSPS) is 19.3. The van der Waals surface area contributed by atoms with E-state index in [0.29, 0.717) is 45.9 Å². The van der Waals surface area contributed by atoms with Crippen molar-refractivity contribution >= 4 is 17.7 Å². The van der Waals surface area contributed by atoms with Crippen molar-refractivity contribution in [3.8, 4) is 11.5 Å². The molecular formula is C28H29NO7. The molecule has 0 fully saturated rings. The number of ether oxygens (including phenoxy) is 4. The quantitative estimate of drug-likeness (QED) is 0.605. The second-order valence-corrected chi connectivity index (χ2v) is 8.74. The summed E-state index contributed by atoms with van der Waals surface area (Å²) in [7, 11) is 5.79. The Morgan fingerprint density at radius 2 is 1.47 bits per heavy atom. The third kappa shape index (κ3) is 4.46. The molecule has 0 spiro atoms. The van der Waals surface area contributed by atoms with Crippen molar-refractivity contribution in [2.75, 3.05) is 28.4 Å². The third-order valence-electron chi connectivity index (χ3n) is 6.78. The topological polar surface area (TPSA) is 100 Å². The highest BCUT2D eigenvalue weighted by Gasteiger charge is 2.41. The number of nitrogens with one attached hydrogen (secondary N) is 1. The molecular weight excluding hydrogens is 462 g/mol. The fraction of sp³-hybridized carbons (Fsp3) is 0.321. The lowest BCUT2D eigenvalue weighted by molar-refractivity contribution is -0.136. The molecule has 2 atom stereocenters. The van der Waals surface area contributed by atoms with E-state index in [2.05, 4.69) is 5.32 Å². The van der Waals surface area contributed by atoms with Crippen LogP contribution in [0.2, 0.25) is 0 Å². The minimum atomic E-state index is -0.612. The molecule has 1 aliphatic heterocycles. The maximum Gasteiger partial charge on any atom is 0.337 e. The van der Waals surface area contributed by atoms with Crippen molar-refractivity contribution in [2.45, 2.75) is 31.6 Å². The van der Waals surface area contributed by atoms with Crippen LogP contribution in [-0.4, -0.2) is 46.2 Å². The molecule has 0 amide bonds. The number of carbonyl (C=O) groups is 3. The number of methoxy groups -OCH3 is 4. The largest absolute Gasteiger partial charge is 0.493 e. The van der Waals surface area contributed by atoms with Crippen molar-refractivity contribution in [3.63, 3.8) is 0 Å². The maximum absolute atomic E-state index is 13.7. The Kier molecular flexibility index (Phi) is 7.15. The summed E-state index contributed by atoms with van der Waals surface area (Å²) in [6.07, 6.45) is 0.860. The Morgan fingerprint density at radius 1 is 0.833 bits per heavy atom. The second kappa shape index (κ2) is 10.3. The zero-order valence-corrected chi connectivity index (χ0v) is 21.0. The van der Waals surface area contributed by atoms with E-state index in [9.17, 15) is 14.4 Å². The molecule has 2 aliphatic rings. The molecule has 4 rings (SSSR count). The fourth-order valence-corrected chi connectivity index (χ4v) is 5.02. The van der Waals surface area contributed by atoms with Gasteiger partial charge in [-0.15, -0.1) is 0 Å².